The maximum atomic E-state index is 13.1. The zero-order valence-corrected chi connectivity index (χ0v) is 16.5. The third-order valence-corrected chi connectivity index (χ3v) is 5.11. The third-order valence-electron chi connectivity index (χ3n) is 5.11. The summed E-state index contributed by atoms with van der Waals surface area (Å²) >= 11 is 0. The van der Waals surface area contributed by atoms with Crippen molar-refractivity contribution in [2.24, 2.45) is 0 Å². The second-order valence-corrected chi connectivity index (χ2v) is 7.04. The number of amides is 1. The molecule has 6 heteroatoms. The smallest absolute Gasteiger partial charge is 0.229 e. The maximum absolute atomic E-state index is 13.1. The first kappa shape index (κ1) is 19.1. The van der Waals surface area contributed by atoms with Crippen LogP contribution in [0.15, 0.2) is 42.5 Å². The Balaban J connectivity index is 1.60. The number of hydrogen-bond donors (Lipinski definition) is 1. The van der Waals surface area contributed by atoms with Gasteiger partial charge in [0, 0.05) is 5.56 Å². The molecule has 2 aromatic carbocycles. The van der Waals surface area contributed by atoms with Gasteiger partial charge in [-0.15, -0.1) is 0 Å². The highest BCUT2D eigenvalue weighted by molar-refractivity contribution is 5.92. The predicted molar refractivity (Wildman–Crippen MR) is 110 cm³/mol. The number of aromatic nitrogens is 2. The van der Waals surface area contributed by atoms with E-state index in [0.29, 0.717) is 12.2 Å². The van der Waals surface area contributed by atoms with Crippen LogP contribution in [0, 0.1) is 5.82 Å². The minimum Gasteiger partial charge on any atom is -0.497 e. The van der Waals surface area contributed by atoms with Crippen molar-refractivity contribution in [3.8, 4) is 17.0 Å². The summed E-state index contributed by atoms with van der Waals surface area (Å²) in [6.45, 7) is 1.99. The Labute approximate surface area is 169 Å². The minimum atomic E-state index is -0.319. The van der Waals surface area contributed by atoms with Gasteiger partial charge in [0.1, 0.15) is 11.6 Å². The van der Waals surface area contributed by atoms with Crippen LogP contribution in [0.2, 0.25) is 0 Å². The molecule has 0 fully saturated rings. The predicted octanol–water partition coefficient (Wildman–Crippen LogP) is 4.13. The van der Waals surface area contributed by atoms with E-state index in [-0.39, 0.29) is 18.1 Å². The summed E-state index contributed by atoms with van der Waals surface area (Å²) in [4.78, 5) is 22.1. The van der Waals surface area contributed by atoms with E-state index in [9.17, 15) is 9.18 Å². The Kier molecular flexibility index (Phi) is 5.25. The topological polar surface area (TPSA) is 64.1 Å². The summed E-state index contributed by atoms with van der Waals surface area (Å²) in [7, 11) is 1.66. The van der Waals surface area contributed by atoms with E-state index in [1.807, 2.05) is 25.1 Å². The van der Waals surface area contributed by atoms with Gasteiger partial charge >= 0.3 is 0 Å². The standard InChI is InChI=1S/C23H22FN3O2/c1-3-19-23(27-21(28)12-14-4-7-16(24)8-5-14)26-20-11-6-15-13-17(29-2)9-10-18(15)22(20)25-19/h4-5,7-10,13H,3,6,11-12H2,1-2H3,(H,26,27,28). The second-order valence-electron chi connectivity index (χ2n) is 7.04. The largest absolute Gasteiger partial charge is 0.497 e. The van der Waals surface area contributed by atoms with Crippen molar-refractivity contribution < 1.29 is 13.9 Å². The Hall–Kier alpha value is -3.28. The van der Waals surface area contributed by atoms with E-state index in [4.69, 9.17) is 14.7 Å². The Morgan fingerprint density at radius 2 is 1.93 bits per heavy atom. The SMILES string of the molecule is CCc1nc2c(nc1NC(=O)Cc1ccc(F)cc1)CCc1cc(OC)ccc1-2. The summed E-state index contributed by atoms with van der Waals surface area (Å²) in [6, 6.07) is 11.9. The van der Waals surface area contributed by atoms with Gasteiger partial charge in [0.2, 0.25) is 5.91 Å². The molecule has 0 saturated heterocycles. The van der Waals surface area contributed by atoms with Gasteiger partial charge in [-0.3, -0.25) is 4.79 Å². The van der Waals surface area contributed by atoms with Crippen molar-refractivity contribution >= 4 is 11.7 Å². The van der Waals surface area contributed by atoms with Crippen LogP contribution in [0.25, 0.3) is 11.3 Å². The molecule has 1 heterocycles. The number of ether oxygens (including phenoxy) is 1. The number of carbonyl (C=O) groups excluding carboxylic acids is 1. The number of rotatable bonds is 5. The van der Waals surface area contributed by atoms with Crippen LogP contribution in [0.4, 0.5) is 10.2 Å². The molecule has 1 amide bonds. The summed E-state index contributed by atoms with van der Waals surface area (Å²) < 4.78 is 18.4. The van der Waals surface area contributed by atoms with Crippen molar-refractivity contribution in [3.05, 3.63) is 70.8 Å². The molecule has 5 nitrogen and oxygen atoms in total. The van der Waals surface area contributed by atoms with Crippen LogP contribution >= 0.6 is 0 Å². The molecule has 0 spiro atoms. The lowest BCUT2D eigenvalue weighted by Gasteiger charge is -2.21. The Morgan fingerprint density at radius 3 is 2.66 bits per heavy atom. The number of aryl methyl sites for hydroxylation is 3. The van der Waals surface area contributed by atoms with Gasteiger partial charge in [-0.2, -0.15) is 0 Å². The van der Waals surface area contributed by atoms with Crippen molar-refractivity contribution in [1.82, 2.24) is 9.97 Å². The summed E-state index contributed by atoms with van der Waals surface area (Å²) in [5.74, 6) is 0.832. The first-order chi connectivity index (χ1) is 14.1. The molecule has 3 aromatic rings. The van der Waals surface area contributed by atoms with Crippen LogP contribution in [-0.2, 0) is 30.5 Å². The molecular formula is C23H22FN3O2. The monoisotopic (exact) mass is 391 g/mol. The number of carbonyl (C=O) groups is 1. The molecule has 1 N–H and O–H groups in total. The minimum absolute atomic E-state index is 0.158. The maximum Gasteiger partial charge on any atom is 0.229 e. The fourth-order valence-electron chi connectivity index (χ4n) is 3.59. The van der Waals surface area contributed by atoms with Crippen molar-refractivity contribution in [2.45, 2.75) is 32.6 Å². The first-order valence-electron chi connectivity index (χ1n) is 9.68. The molecule has 0 aliphatic heterocycles. The molecule has 4 rings (SSSR count). The third kappa shape index (κ3) is 3.97. The number of halogens is 1. The lowest BCUT2D eigenvalue weighted by Crippen LogP contribution is -2.19. The second kappa shape index (κ2) is 7.99. The summed E-state index contributed by atoms with van der Waals surface area (Å²) in [6.07, 6.45) is 2.42. The van der Waals surface area contributed by atoms with Crippen LogP contribution in [0.3, 0.4) is 0 Å². The van der Waals surface area contributed by atoms with E-state index >= 15 is 0 Å². The summed E-state index contributed by atoms with van der Waals surface area (Å²) in [5, 5.41) is 2.89. The van der Waals surface area contributed by atoms with Gasteiger partial charge in [-0.05, 0) is 60.7 Å². The van der Waals surface area contributed by atoms with Gasteiger partial charge in [0.15, 0.2) is 5.82 Å². The van der Waals surface area contributed by atoms with Gasteiger partial charge in [-0.25, -0.2) is 14.4 Å². The average Bonchev–Trinajstić information content (AvgIpc) is 2.74. The molecule has 1 aromatic heterocycles. The van der Waals surface area contributed by atoms with E-state index in [1.165, 1.54) is 17.7 Å². The Morgan fingerprint density at radius 1 is 1.14 bits per heavy atom. The van der Waals surface area contributed by atoms with E-state index < -0.39 is 0 Å². The van der Waals surface area contributed by atoms with Gasteiger partial charge in [-0.1, -0.05) is 19.1 Å². The van der Waals surface area contributed by atoms with Crippen molar-refractivity contribution in [3.63, 3.8) is 0 Å². The molecule has 0 unspecified atom stereocenters. The van der Waals surface area contributed by atoms with Crippen LogP contribution in [0.1, 0.15) is 29.4 Å². The van der Waals surface area contributed by atoms with Gasteiger partial charge in [0.05, 0.1) is 30.6 Å². The molecule has 148 valence electrons. The Bertz CT molecular complexity index is 1060. The highest BCUT2D eigenvalue weighted by Gasteiger charge is 2.22. The van der Waals surface area contributed by atoms with E-state index in [0.717, 1.165) is 46.8 Å². The first-order valence-corrected chi connectivity index (χ1v) is 9.68. The number of benzene rings is 2. The van der Waals surface area contributed by atoms with Crippen LogP contribution in [-0.4, -0.2) is 23.0 Å². The molecule has 29 heavy (non-hydrogen) atoms. The van der Waals surface area contributed by atoms with Crippen LogP contribution < -0.4 is 10.1 Å². The number of nitrogens with zero attached hydrogens (tertiary/aromatic N) is 2. The zero-order valence-electron chi connectivity index (χ0n) is 16.5. The number of anilines is 1. The van der Waals surface area contributed by atoms with Crippen LogP contribution in [0.5, 0.6) is 5.75 Å². The van der Waals surface area contributed by atoms with Gasteiger partial charge < -0.3 is 10.1 Å². The molecular weight excluding hydrogens is 369 g/mol. The van der Waals surface area contributed by atoms with Gasteiger partial charge in [0.25, 0.3) is 0 Å². The molecule has 0 atom stereocenters. The summed E-state index contributed by atoms with van der Waals surface area (Å²) in [5.41, 5.74) is 5.52. The van der Waals surface area contributed by atoms with E-state index in [2.05, 4.69) is 5.32 Å². The van der Waals surface area contributed by atoms with Crippen molar-refractivity contribution in [1.29, 1.82) is 0 Å². The van der Waals surface area contributed by atoms with E-state index in [1.54, 1.807) is 19.2 Å². The fraction of sp³-hybridized carbons (Fsp3) is 0.261. The lowest BCUT2D eigenvalue weighted by atomic mass is 9.91. The number of methoxy groups -OCH3 is 1. The number of fused-ring (bicyclic) bond motifs is 3. The highest BCUT2D eigenvalue weighted by Crippen LogP contribution is 2.34. The molecule has 1 aliphatic carbocycles. The average molecular weight is 391 g/mol. The quantitative estimate of drug-likeness (QED) is 0.710. The fourth-order valence-corrected chi connectivity index (χ4v) is 3.59. The molecule has 0 bridgehead atoms. The molecule has 1 aliphatic rings. The number of hydrogen-bond acceptors (Lipinski definition) is 4. The normalized spacial score (nSPS) is 12.1. The lowest BCUT2D eigenvalue weighted by molar-refractivity contribution is -0.115. The number of nitrogens with one attached hydrogen (secondary N) is 1. The van der Waals surface area contributed by atoms with Crippen molar-refractivity contribution in [2.75, 3.05) is 12.4 Å². The molecule has 0 saturated carbocycles. The molecule has 0 radical (unpaired) electrons. The highest BCUT2D eigenvalue weighted by atomic mass is 19.1. The zero-order chi connectivity index (χ0) is 20.4.